The summed E-state index contributed by atoms with van der Waals surface area (Å²) in [6, 6.07) is 4.28. The van der Waals surface area contributed by atoms with Gasteiger partial charge in [-0.1, -0.05) is 0 Å². The van der Waals surface area contributed by atoms with Crippen molar-refractivity contribution in [2.45, 2.75) is 45.3 Å². The Balaban J connectivity index is 1.26. The SMILES string of the molecule is Cc1ccn2c(CN3CCC(c4nnc5n4CCNC5)CC3)cnc2c1. The van der Waals surface area contributed by atoms with Crippen LogP contribution >= 0.6 is 0 Å². The Labute approximate surface area is 153 Å². The number of aromatic nitrogens is 5. The lowest BCUT2D eigenvalue weighted by Gasteiger charge is -2.31. The molecule has 26 heavy (non-hydrogen) atoms. The first-order chi connectivity index (χ1) is 12.8. The van der Waals surface area contributed by atoms with Crippen molar-refractivity contribution < 1.29 is 0 Å². The third-order valence-electron chi connectivity index (χ3n) is 5.73. The summed E-state index contributed by atoms with van der Waals surface area (Å²) in [6.45, 7) is 8.13. The number of imidazole rings is 1. The minimum absolute atomic E-state index is 0.537. The van der Waals surface area contributed by atoms with Gasteiger partial charge in [0, 0.05) is 31.7 Å². The van der Waals surface area contributed by atoms with Gasteiger partial charge in [0.05, 0.1) is 18.4 Å². The van der Waals surface area contributed by atoms with E-state index in [1.54, 1.807) is 0 Å². The molecule has 0 atom stereocenters. The smallest absolute Gasteiger partial charge is 0.147 e. The van der Waals surface area contributed by atoms with Crippen molar-refractivity contribution >= 4 is 5.65 Å². The van der Waals surface area contributed by atoms with Gasteiger partial charge in [0.1, 0.15) is 17.3 Å². The lowest BCUT2D eigenvalue weighted by atomic mass is 9.95. The van der Waals surface area contributed by atoms with Crippen molar-refractivity contribution in [3.8, 4) is 0 Å². The topological polar surface area (TPSA) is 63.3 Å². The van der Waals surface area contributed by atoms with Crippen molar-refractivity contribution in [3.05, 3.63) is 47.4 Å². The Hall–Kier alpha value is -2.25. The Kier molecular flexibility index (Phi) is 3.98. The zero-order valence-electron chi connectivity index (χ0n) is 15.2. The van der Waals surface area contributed by atoms with Gasteiger partial charge in [-0.15, -0.1) is 10.2 Å². The molecule has 1 N–H and O–H groups in total. The lowest BCUT2D eigenvalue weighted by Crippen LogP contribution is -2.35. The predicted octanol–water partition coefficient (Wildman–Crippen LogP) is 1.72. The quantitative estimate of drug-likeness (QED) is 0.778. The van der Waals surface area contributed by atoms with Crippen LogP contribution in [-0.4, -0.2) is 48.7 Å². The molecule has 2 aliphatic rings. The number of piperidine rings is 1. The monoisotopic (exact) mass is 351 g/mol. The van der Waals surface area contributed by atoms with Crippen LogP contribution in [0.15, 0.2) is 24.5 Å². The van der Waals surface area contributed by atoms with Gasteiger partial charge >= 0.3 is 0 Å². The zero-order chi connectivity index (χ0) is 17.5. The maximum Gasteiger partial charge on any atom is 0.147 e. The minimum Gasteiger partial charge on any atom is -0.312 e. The molecule has 1 saturated heterocycles. The minimum atomic E-state index is 0.537. The Morgan fingerprint density at radius 1 is 1.19 bits per heavy atom. The van der Waals surface area contributed by atoms with E-state index in [0.717, 1.165) is 63.6 Å². The molecule has 136 valence electrons. The first kappa shape index (κ1) is 16.0. The average molecular weight is 351 g/mol. The number of nitrogens with one attached hydrogen (secondary N) is 1. The Bertz CT molecular complexity index is 917. The number of pyridine rings is 1. The van der Waals surface area contributed by atoms with Crippen LogP contribution in [0.1, 0.15) is 41.7 Å². The summed E-state index contributed by atoms with van der Waals surface area (Å²) < 4.78 is 4.55. The van der Waals surface area contributed by atoms with Gasteiger partial charge in [-0.05, 0) is 50.6 Å². The number of rotatable bonds is 3. The highest BCUT2D eigenvalue weighted by molar-refractivity contribution is 5.42. The maximum atomic E-state index is 4.56. The van der Waals surface area contributed by atoms with Crippen molar-refractivity contribution in [2.24, 2.45) is 0 Å². The van der Waals surface area contributed by atoms with Crippen LogP contribution in [0.3, 0.4) is 0 Å². The van der Waals surface area contributed by atoms with Crippen molar-refractivity contribution in [1.82, 2.24) is 34.4 Å². The van der Waals surface area contributed by atoms with E-state index in [1.165, 1.54) is 17.1 Å². The van der Waals surface area contributed by atoms with E-state index < -0.39 is 0 Å². The molecule has 1 fully saturated rings. The second-order valence-electron chi connectivity index (χ2n) is 7.54. The van der Waals surface area contributed by atoms with Crippen molar-refractivity contribution in [2.75, 3.05) is 19.6 Å². The summed E-state index contributed by atoms with van der Waals surface area (Å²) in [5, 5.41) is 12.3. The summed E-state index contributed by atoms with van der Waals surface area (Å²) in [6.07, 6.45) is 6.46. The highest BCUT2D eigenvalue weighted by atomic mass is 15.3. The van der Waals surface area contributed by atoms with Crippen LogP contribution in [0.5, 0.6) is 0 Å². The standard InChI is InChI=1S/C19H25N7/c1-14-2-8-25-16(11-21-17(25)10-14)13-24-6-3-15(4-7-24)19-23-22-18-12-20-5-9-26(18)19/h2,8,10-11,15,20H,3-7,9,12-13H2,1H3. The molecular formula is C19H25N7. The number of likely N-dealkylation sites (tertiary alicyclic amines) is 1. The summed E-state index contributed by atoms with van der Waals surface area (Å²) >= 11 is 0. The third kappa shape index (κ3) is 2.81. The number of aryl methyl sites for hydroxylation is 1. The van der Waals surface area contributed by atoms with E-state index in [1.807, 2.05) is 6.20 Å². The molecule has 0 spiro atoms. The molecule has 5 rings (SSSR count). The highest BCUT2D eigenvalue weighted by Crippen LogP contribution is 2.28. The summed E-state index contributed by atoms with van der Waals surface area (Å²) in [5.74, 6) is 2.83. The van der Waals surface area contributed by atoms with Gasteiger partial charge in [-0.3, -0.25) is 4.90 Å². The van der Waals surface area contributed by atoms with Crippen LogP contribution in [0.25, 0.3) is 5.65 Å². The van der Waals surface area contributed by atoms with Gasteiger partial charge in [0.25, 0.3) is 0 Å². The number of fused-ring (bicyclic) bond motifs is 2. The summed E-state index contributed by atoms with van der Waals surface area (Å²) in [7, 11) is 0. The van der Waals surface area contributed by atoms with Gasteiger partial charge in [-0.2, -0.15) is 0 Å². The zero-order valence-corrected chi connectivity index (χ0v) is 15.2. The molecule has 0 radical (unpaired) electrons. The summed E-state index contributed by atoms with van der Waals surface area (Å²) in [4.78, 5) is 7.09. The van der Waals surface area contributed by atoms with Gasteiger partial charge < -0.3 is 14.3 Å². The van der Waals surface area contributed by atoms with Crippen molar-refractivity contribution in [1.29, 1.82) is 0 Å². The first-order valence-electron chi connectivity index (χ1n) is 9.55. The van der Waals surface area contributed by atoms with Gasteiger partial charge in [0.2, 0.25) is 0 Å². The Morgan fingerprint density at radius 3 is 2.96 bits per heavy atom. The molecule has 0 amide bonds. The average Bonchev–Trinajstić information content (AvgIpc) is 3.26. The van der Waals surface area contributed by atoms with Crippen LogP contribution in [0, 0.1) is 6.92 Å². The fraction of sp³-hybridized carbons (Fsp3) is 0.526. The van der Waals surface area contributed by atoms with Crippen molar-refractivity contribution in [3.63, 3.8) is 0 Å². The molecule has 3 aromatic heterocycles. The second kappa shape index (κ2) is 6.48. The van der Waals surface area contributed by atoms with Gasteiger partial charge in [-0.25, -0.2) is 4.98 Å². The number of hydrogen-bond donors (Lipinski definition) is 1. The molecule has 0 bridgehead atoms. The Morgan fingerprint density at radius 2 is 2.08 bits per heavy atom. The number of hydrogen-bond acceptors (Lipinski definition) is 5. The molecule has 7 nitrogen and oxygen atoms in total. The molecule has 0 aliphatic carbocycles. The molecule has 7 heteroatoms. The van der Waals surface area contributed by atoms with Crippen LogP contribution in [0.4, 0.5) is 0 Å². The largest absolute Gasteiger partial charge is 0.312 e. The molecule has 2 aliphatic heterocycles. The first-order valence-corrected chi connectivity index (χ1v) is 9.55. The van der Waals surface area contributed by atoms with E-state index in [2.05, 4.69) is 59.6 Å². The summed E-state index contributed by atoms with van der Waals surface area (Å²) in [5.41, 5.74) is 3.56. The molecule has 0 saturated carbocycles. The normalized spacial score (nSPS) is 19.1. The van der Waals surface area contributed by atoms with E-state index in [9.17, 15) is 0 Å². The molecule has 0 unspecified atom stereocenters. The molecule has 3 aromatic rings. The fourth-order valence-electron chi connectivity index (χ4n) is 4.25. The molecule has 0 aromatic carbocycles. The van der Waals surface area contributed by atoms with Crippen LogP contribution < -0.4 is 5.32 Å². The van der Waals surface area contributed by atoms with E-state index in [-0.39, 0.29) is 0 Å². The second-order valence-corrected chi connectivity index (χ2v) is 7.54. The van der Waals surface area contributed by atoms with Crippen LogP contribution in [0.2, 0.25) is 0 Å². The maximum absolute atomic E-state index is 4.56. The lowest BCUT2D eigenvalue weighted by molar-refractivity contribution is 0.197. The van der Waals surface area contributed by atoms with E-state index in [4.69, 9.17) is 0 Å². The van der Waals surface area contributed by atoms with Gasteiger partial charge in [0.15, 0.2) is 0 Å². The van der Waals surface area contributed by atoms with Crippen LogP contribution in [-0.2, 0) is 19.6 Å². The number of nitrogens with zero attached hydrogens (tertiary/aromatic N) is 6. The van der Waals surface area contributed by atoms with E-state index >= 15 is 0 Å². The van der Waals surface area contributed by atoms with E-state index in [0.29, 0.717) is 5.92 Å². The molecule has 5 heterocycles. The highest BCUT2D eigenvalue weighted by Gasteiger charge is 2.27. The molecular weight excluding hydrogens is 326 g/mol. The third-order valence-corrected chi connectivity index (χ3v) is 5.73. The fourth-order valence-corrected chi connectivity index (χ4v) is 4.25. The predicted molar refractivity (Wildman–Crippen MR) is 98.9 cm³/mol.